The van der Waals surface area contributed by atoms with Crippen LogP contribution in [0.5, 0.6) is 0 Å². The normalized spacial score (nSPS) is 16.1. The fourth-order valence-electron chi connectivity index (χ4n) is 1.86. The maximum Gasteiger partial charge on any atom is 0.329 e. The van der Waals surface area contributed by atoms with Crippen LogP contribution >= 0.6 is 0 Å². The van der Waals surface area contributed by atoms with Gasteiger partial charge in [-0.15, -0.1) is 0 Å². The molecule has 1 aliphatic carbocycles. The molecule has 0 atom stereocenters. The summed E-state index contributed by atoms with van der Waals surface area (Å²) in [6.07, 6.45) is 2.05. The molecule has 1 aromatic carbocycles. The van der Waals surface area contributed by atoms with E-state index in [1.807, 2.05) is 31.2 Å². The minimum atomic E-state index is -0.968. The smallest absolute Gasteiger partial charge is 0.329 e. The predicted octanol–water partition coefficient (Wildman–Crippen LogP) is 1.66. The molecular weight excluding hydrogens is 230 g/mol. The maximum atomic E-state index is 11.7. The van der Waals surface area contributed by atoms with Gasteiger partial charge in [0.2, 0.25) is 5.91 Å². The molecule has 0 saturated heterocycles. The average molecular weight is 247 g/mol. The van der Waals surface area contributed by atoms with Gasteiger partial charge in [0.05, 0.1) is 0 Å². The van der Waals surface area contributed by atoms with Gasteiger partial charge in [-0.3, -0.25) is 4.79 Å². The number of aryl methyl sites for hydroxylation is 2. The van der Waals surface area contributed by atoms with Crippen LogP contribution < -0.4 is 5.32 Å². The van der Waals surface area contributed by atoms with Gasteiger partial charge in [0.1, 0.15) is 5.54 Å². The number of hydrogen-bond acceptors (Lipinski definition) is 2. The third kappa shape index (κ3) is 2.88. The van der Waals surface area contributed by atoms with Crippen LogP contribution in [0, 0.1) is 6.92 Å². The van der Waals surface area contributed by atoms with Crippen LogP contribution in [0.3, 0.4) is 0 Å². The summed E-state index contributed by atoms with van der Waals surface area (Å²) in [4.78, 5) is 22.6. The highest BCUT2D eigenvalue weighted by Gasteiger charge is 2.51. The van der Waals surface area contributed by atoms with E-state index in [2.05, 4.69) is 5.32 Å². The Morgan fingerprint density at radius 3 is 2.39 bits per heavy atom. The molecule has 0 aliphatic heterocycles. The van der Waals surface area contributed by atoms with Gasteiger partial charge < -0.3 is 10.4 Å². The number of amides is 1. The Labute approximate surface area is 106 Å². The van der Waals surface area contributed by atoms with Crippen LogP contribution in [-0.4, -0.2) is 22.5 Å². The molecule has 1 aliphatic rings. The molecule has 0 aromatic heterocycles. The Bertz CT molecular complexity index is 460. The molecule has 18 heavy (non-hydrogen) atoms. The molecule has 0 radical (unpaired) electrons. The number of carboxylic acids is 1. The summed E-state index contributed by atoms with van der Waals surface area (Å²) in [5.41, 5.74) is 1.31. The largest absolute Gasteiger partial charge is 0.480 e. The molecule has 0 spiro atoms. The first kappa shape index (κ1) is 12.6. The predicted molar refractivity (Wildman–Crippen MR) is 67.2 cm³/mol. The summed E-state index contributed by atoms with van der Waals surface area (Å²) < 4.78 is 0. The molecule has 0 bridgehead atoms. The van der Waals surface area contributed by atoms with Gasteiger partial charge in [-0.2, -0.15) is 0 Å². The lowest BCUT2D eigenvalue weighted by Gasteiger charge is -2.12. The molecule has 4 heteroatoms. The average Bonchev–Trinajstić information content (AvgIpc) is 3.09. The molecule has 0 heterocycles. The van der Waals surface area contributed by atoms with Crippen LogP contribution in [0.1, 0.15) is 30.4 Å². The summed E-state index contributed by atoms with van der Waals surface area (Å²) in [5, 5.41) is 11.6. The Balaban J connectivity index is 1.82. The lowest BCUT2D eigenvalue weighted by Crippen LogP contribution is -2.43. The quantitative estimate of drug-likeness (QED) is 0.831. The van der Waals surface area contributed by atoms with Gasteiger partial charge in [0.25, 0.3) is 0 Å². The minimum absolute atomic E-state index is 0.185. The van der Waals surface area contributed by atoms with E-state index in [4.69, 9.17) is 5.11 Å². The second-order valence-electron chi connectivity index (χ2n) is 4.92. The van der Waals surface area contributed by atoms with Crippen molar-refractivity contribution in [1.29, 1.82) is 0 Å². The number of carbonyl (C=O) groups excluding carboxylic acids is 1. The molecule has 1 aromatic rings. The number of carboxylic acid groups (broad SMARTS) is 1. The van der Waals surface area contributed by atoms with Gasteiger partial charge in [-0.05, 0) is 31.7 Å². The van der Waals surface area contributed by atoms with Gasteiger partial charge in [0.15, 0.2) is 0 Å². The van der Waals surface area contributed by atoms with Gasteiger partial charge in [-0.25, -0.2) is 4.79 Å². The van der Waals surface area contributed by atoms with E-state index < -0.39 is 11.5 Å². The van der Waals surface area contributed by atoms with Crippen LogP contribution in [0.25, 0.3) is 0 Å². The van der Waals surface area contributed by atoms with Gasteiger partial charge >= 0.3 is 5.97 Å². The summed E-state index contributed by atoms with van der Waals surface area (Å²) >= 11 is 0. The van der Waals surface area contributed by atoms with Crippen molar-refractivity contribution in [2.45, 2.75) is 38.1 Å². The van der Waals surface area contributed by atoms with E-state index >= 15 is 0 Å². The van der Waals surface area contributed by atoms with E-state index in [9.17, 15) is 9.59 Å². The molecule has 1 amide bonds. The fraction of sp³-hybridized carbons (Fsp3) is 0.429. The van der Waals surface area contributed by atoms with E-state index in [0.29, 0.717) is 25.7 Å². The fourth-order valence-corrected chi connectivity index (χ4v) is 1.86. The van der Waals surface area contributed by atoms with E-state index in [1.54, 1.807) is 0 Å². The lowest BCUT2D eigenvalue weighted by atomic mass is 10.1. The van der Waals surface area contributed by atoms with Crippen molar-refractivity contribution in [3.63, 3.8) is 0 Å². The summed E-state index contributed by atoms with van der Waals surface area (Å²) in [7, 11) is 0. The molecule has 1 fully saturated rings. The van der Waals surface area contributed by atoms with E-state index in [0.717, 1.165) is 5.56 Å². The third-order valence-electron chi connectivity index (χ3n) is 3.30. The van der Waals surface area contributed by atoms with Crippen molar-refractivity contribution in [2.24, 2.45) is 0 Å². The number of nitrogens with one attached hydrogen (secondary N) is 1. The number of carbonyl (C=O) groups is 2. The van der Waals surface area contributed by atoms with Crippen LogP contribution in [0.2, 0.25) is 0 Å². The van der Waals surface area contributed by atoms with Crippen molar-refractivity contribution in [3.8, 4) is 0 Å². The monoisotopic (exact) mass is 247 g/mol. The summed E-state index contributed by atoms with van der Waals surface area (Å²) in [6, 6.07) is 8.00. The van der Waals surface area contributed by atoms with Crippen molar-refractivity contribution >= 4 is 11.9 Å². The Hall–Kier alpha value is -1.84. The Morgan fingerprint density at radius 1 is 1.28 bits per heavy atom. The van der Waals surface area contributed by atoms with Crippen LogP contribution in [0.15, 0.2) is 24.3 Å². The highest BCUT2D eigenvalue weighted by atomic mass is 16.4. The lowest BCUT2D eigenvalue weighted by molar-refractivity contribution is -0.143. The van der Waals surface area contributed by atoms with Crippen LogP contribution in [-0.2, 0) is 16.0 Å². The first-order valence-electron chi connectivity index (χ1n) is 6.12. The van der Waals surface area contributed by atoms with Crippen molar-refractivity contribution < 1.29 is 14.7 Å². The van der Waals surface area contributed by atoms with Crippen molar-refractivity contribution in [2.75, 3.05) is 0 Å². The first-order valence-corrected chi connectivity index (χ1v) is 6.12. The number of benzene rings is 1. The third-order valence-corrected chi connectivity index (χ3v) is 3.30. The number of hydrogen-bond donors (Lipinski definition) is 2. The molecule has 4 nitrogen and oxygen atoms in total. The molecular formula is C14H17NO3. The number of rotatable bonds is 5. The zero-order valence-corrected chi connectivity index (χ0v) is 10.4. The van der Waals surface area contributed by atoms with Crippen LogP contribution in [0.4, 0.5) is 0 Å². The van der Waals surface area contributed by atoms with Gasteiger partial charge in [-0.1, -0.05) is 29.8 Å². The first-order chi connectivity index (χ1) is 8.52. The van der Waals surface area contributed by atoms with Crippen molar-refractivity contribution in [1.82, 2.24) is 5.32 Å². The standard InChI is InChI=1S/C14H17NO3/c1-10-2-4-11(5-3-10)6-7-12(16)15-14(8-9-14)13(17)18/h2-5H,6-9H2,1H3,(H,15,16)(H,17,18). The minimum Gasteiger partial charge on any atom is -0.480 e. The SMILES string of the molecule is Cc1ccc(CCC(=O)NC2(C(=O)O)CC2)cc1. The second-order valence-corrected chi connectivity index (χ2v) is 4.92. The second kappa shape index (κ2) is 4.80. The molecule has 2 N–H and O–H groups in total. The van der Waals surface area contributed by atoms with E-state index in [-0.39, 0.29) is 5.91 Å². The molecule has 96 valence electrons. The number of aliphatic carboxylic acids is 1. The highest BCUT2D eigenvalue weighted by Crippen LogP contribution is 2.35. The Kier molecular flexibility index (Phi) is 3.36. The van der Waals surface area contributed by atoms with Crippen molar-refractivity contribution in [3.05, 3.63) is 35.4 Å². The summed E-state index contributed by atoms with van der Waals surface area (Å²) in [6.45, 7) is 2.01. The highest BCUT2D eigenvalue weighted by molar-refractivity contribution is 5.89. The van der Waals surface area contributed by atoms with E-state index in [1.165, 1.54) is 5.56 Å². The Morgan fingerprint density at radius 2 is 1.89 bits per heavy atom. The molecule has 2 rings (SSSR count). The summed E-state index contributed by atoms with van der Waals surface area (Å²) in [5.74, 6) is -1.11. The molecule has 0 unspecified atom stereocenters. The van der Waals surface area contributed by atoms with Gasteiger partial charge in [0, 0.05) is 6.42 Å². The topological polar surface area (TPSA) is 66.4 Å². The zero-order chi connectivity index (χ0) is 13.2. The zero-order valence-electron chi connectivity index (χ0n) is 10.4. The molecule has 1 saturated carbocycles. The maximum absolute atomic E-state index is 11.7.